The van der Waals surface area contributed by atoms with Crippen molar-refractivity contribution in [3.8, 4) is 0 Å². The molecule has 0 aromatic heterocycles. The van der Waals surface area contributed by atoms with Crippen molar-refractivity contribution in [2.24, 2.45) is 0 Å². The lowest BCUT2D eigenvalue weighted by atomic mass is 10.2. The van der Waals surface area contributed by atoms with Crippen LogP contribution in [-0.2, 0) is 24.2 Å². The molecule has 1 fully saturated rings. The molecule has 0 aromatic carbocycles. The van der Waals surface area contributed by atoms with Crippen LogP contribution < -0.4 is 0 Å². The molecule has 0 spiro atoms. The van der Waals surface area contributed by atoms with Gasteiger partial charge in [0.2, 0.25) is 5.91 Å². The van der Waals surface area contributed by atoms with Gasteiger partial charge in [-0.05, 0) is 12.8 Å². The van der Waals surface area contributed by atoms with E-state index in [4.69, 9.17) is 0 Å². The Hall–Kier alpha value is -1.11. The molecule has 0 unspecified atom stereocenters. The van der Waals surface area contributed by atoms with E-state index >= 15 is 0 Å². The van der Waals surface area contributed by atoms with Gasteiger partial charge in [0.15, 0.2) is 0 Å². The van der Waals surface area contributed by atoms with Crippen LogP contribution in [0.15, 0.2) is 0 Å². The van der Waals surface area contributed by atoms with Gasteiger partial charge in [0.25, 0.3) is 0 Å². The smallest absolute Gasteiger partial charge is 0.325 e. The van der Waals surface area contributed by atoms with E-state index in [1.807, 2.05) is 0 Å². The number of hydrogen-bond donors (Lipinski definition) is 0. The molecule has 6 nitrogen and oxygen atoms in total. The first-order valence-corrected chi connectivity index (χ1v) is 8.43. The standard InChI is InChI=1S/C12H21NO5S/c1-18-12(15)9-13(10-5-3-4-6-10)11(14)7-8-19(2,16)17/h10H,3-9H2,1-2H3. The number of nitrogens with zero attached hydrogens (tertiary/aromatic N) is 1. The maximum atomic E-state index is 12.1. The third kappa shape index (κ3) is 5.59. The van der Waals surface area contributed by atoms with Crippen LogP contribution in [0.5, 0.6) is 0 Å². The summed E-state index contributed by atoms with van der Waals surface area (Å²) in [6.07, 6.45) is 4.80. The number of esters is 1. The van der Waals surface area contributed by atoms with Crippen LogP contribution in [0.1, 0.15) is 32.1 Å². The van der Waals surface area contributed by atoms with Crippen LogP contribution in [-0.4, -0.2) is 56.9 Å². The molecule has 1 saturated carbocycles. The Morgan fingerprint density at radius 2 is 1.84 bits per heavy atom. The quantitative estimate of drug-likeness (QED) is 0.660. The number of rotatable bonds is 6. The predicted octanol–water partition coefficient (Wildman–Crippen LogP) is 0.365. The molecule has 0 aliphatic heterocycles. The number of sulfone groups is 1. The second-order valence-corrected chi connectivity index (χ2v) is 7.18. The Morgan fingerprint density at radius 1 is 1.26 bits per heavy atom. The van der Waals surface area contributed by atoms with E-state index in [0.717, 1.165) is 31.9 Å². The molecule has 0 bridgehead atoms. The largest absolute Gasteiger partial charge is 0.468 e. The lowest BCUT2D eigenvalue weighted by molar-refractivity contribution is -0.148. The van der Waals surface area contributed by atoms with Gasteiger partial charge in [0.05, 0.1) is 12.9 Å². The second kappa shape index (κ2) is 6.88. The number of hydrogen-bond acceptors (Lipinski definition) is 5. The molecule has 0 N–H and O–H groups in total. The van der Waals surface area contributed by atoms with Crippen molar-refractivity contribution in [1.82, 2.24) is 4.90 Å². The van der Waals surface area contributed by atoms with Crippen molar-refractivity contribution in [2.75, 3.05) is 25.7 Å². The summed E-state index contributed by atoms with van der Waals surface area (Å²) in [5, 5.41) is 0. The third-order valence-corrected chi connectivity index (χ3v) is 4.25. The van der Waals surface area contributed by atoms with Crippen LogP contribution in [0.25, 0.3) is 0 Å². The van der Waals surface area contributed by atoms with E-state index in [1.54, 1.807) is 0 Å². The summed E-state index contributed by atoms with van der Waals surface area (Å²) in [4.78, 5) is 24.9. The molecule has 0 heterocycles. The minimum atomic E-state index is -3.17. The van der Waals surface area contributed by atoms with Gasteiger partial charge in [0.1, 0.15) is 16.4 Å². The lowest BCUT2D eigenvalue weighted by Crippen LogP contribution is -2.43. The van der Waals surface area contributed by atoms with Crippen molar-refractivity contribution in [2.45, 2.75) is 38.1 Å². The molecule has 0 saturated heterocycles. The van der Waals surface area contributed by atoms with Crippen LogP contribution in [0.3, 0.4) is 0 Å². The van der Waals surface area contributed by atoms with Crippen LogP contribution in [0, 0.1) is 0 Å². The predicted molar refractivity (Wildman–Crippen MR) is 70.3 cm³/mol. The summed E-state index contributed by atoms with van der Waals surface area (Å²) in [6.45, 7) is -0.0935. The first-order valence-electron chi connectivity index (χ1n) is 6.37. The molecule has 0 atom stereocenters. The number of carbonyl (C=O) groups excluding carboxylic acids is 2. The fourth-order valence-electron chi connectivity index (χ4n) is 2.26. The number of methoxy groups -OCH3 is 1. The highest BCUT2D eigenvalue weighted by Crippen LogP contribution is 2.24. The molecule has 0 radical (unpaired) electrons. The minimum Gasteiger partial charge on any atom is -0.468 e. The van der Waals surface area contributed by atoms with Crippen molar-refractivity contribution in [1.29, 1.82) is 0 Å². The zero-order chi connectivity index (χ0) is 14.5. The highest BCUT2D eigenvalue weighted by atomic mass is 32.2. The summed E-state index contributed by atoms with van der Waals surface area (Å²) < 4.78 is 26.8. The molecule has 19 heavy (non-hydrogen) atoms. The average Bonchev–Trinajstić information content (AvgIpc) is 2.85. The molecular weight excluding hydrogens is 270 g/mol. The minimum absolute atomic E-state index is 0.0335. The van der Waals surface area contributed by atoms with Gasteiger partial charge in [-0.1, -0.05) is 12.8 Å². The van der Waals surface area contributed by atoms with E-state index in [-0.39, 0.29) is 30.7 Å². The van der Waals surface area contributed by atoms with Crippen LogP contribution in [0.4, 0.5) is 0 Å². The van der Waals surface area contributed by atoms with Gasteiger partial charge in [-0.3, -0.25) is 9.59 Å². The maximum absolute atomic E-state index is 12.1. The number of carbonyl (C=O) groups is 2. The van der Waals surface area contributed by atoms with E-state index < -0.39 is 15.8 Å². The Balaban J connectivity index is 2.66. The number of ether oxygens (including phenoxy) is 1. The normalized spacial score (nSPS) is 16.3. The molecule has 1 aliphatic carbocycles. The van der Waals surface area contributed by atoms with E-state index in [9.17, 15) is 18.0 Å². The molecular formula is C12H21NO5S. The topological polar surface area (TPSA) is 80.8 Å². The van der Waals surface area contributed by atoms with Crippen molar-refractivity contribution in [3.05, 3.63) is 0 Å². The Labute approximate surface area is 114 Å². The van der Waals surface area contributed by atoms with Crippen LogP contribution >= 0.6 is 0 Å². The maximum Gasteiger partial charge on any atom is 0.325 e. The Kier molecular flexibility index (Phi) is 5.78. The highest BCUT2D eigenvalue weighted by Gasteiger charge is 2.28. The summed E-state index contributed by atoms with van der Waals surface area (Å²) in [5.74, 6) is -0.946. The van der Waals surface area contributed by atoms with Crippen molar-refractivity contribution >= 4 is 21.7 Å². The summed E-state index contributed by atoms with van der Waals surface area (Å²) in [7, 11) is -1.90. The van der Waals surface area contributed by atoms with Crippen molar-refractivity contribution in [3.63, 3.8) is 0 Å². The molecule has 110 valence electrons. The zero-order valence-electron chi connectivity index (χ0n) is 11.4. The van der Waals surface area contributed by atoms with Gasteiger partial charge < -0.3 is 9.64 Å². The molecule has 7 heteroatoms. The Bertz CT molecular complexity index is 425. The van der Waals surface area contributed by atoms with E-state index in [0.29, 0.717) is 0 Å². The highest BCUT2D eigenvalue weighted by molar-refractivity contribution is 7.90. The van der Waals surface area contributed by atoms with Crippen LogP contribution in [0.2, 0.25) is 0 Å². The SMILES string of the molecule is COC(=O)CN(C(=O)CCS(C)(=O)=O)C1CCCC1. The van der Waals surface area contributed by atoms with Gasteiger partial charge in [-0.25, -0.2) is 8.42 Å². The summed E-state index contributed by atoms with van der Waals surface area (Å²) in [6, 6.07) is 0.0335. The Morgan fingerprint density at radius 3 is 2.32 bits per heavy atom. The summed E-state index contributed by atoms with van der Waals surface area (Å²) in [5.41, 5.74) is 0. The first kappa shape index (κ1) is 15.9. The summed E-state index contributed by atoms with van der Waals surface area (Å²) >= 11 is 0. The second-order valence-electron chi connectivity index (χ2n) is 4.92. The average molecular weight is 291 g/mol. The fourth-order valence-corrected chi connectivity index (χ4v) is 2.80. The monoisotopic (exact) mass is 291 g/mol. The molecule has 1 aliphatic rings. The third-order valence-electron chi connectivity index (χ3n) is 3.30. The van der Waals surface area contributed by atoms with E-state index in [1.165, 1.54) is 12.0 Å². The first-order chi connectivity index (χ1) is 8.83. The molecule has 0 aromatic rings. The fraction of sp³-hybridized carbons (Fsp3) is 0.833. The van der Waals surface area contributed by atoms with Gasteiger partial charge >= 0.3 is 5.97 Å². The molecule has 1 rings (SSSR count). The van der Waals surface area contributed by atoms with Gasteiger partial charge in [-0.2, -0.15) is 0 Å². The molecule has 1 amide bonds. The van der Waals surface area contributed by atoms with Gasteiger partial charge in [-0.15, -0.1) is 0 Å². The van der Waals surface area contributed by atoms with Gasteiger partial charge in [0, 0.05) is 18.7 Å². The van der Waals surface area contributed by atoms with Crippen molar-refractivity contribution < 1.29 is 22.7 Å². The lowest BCUT2D eigenvalue weighted by Gasteiger charge is -2.27. The number of amides is 1. The van der Waals surface area contributed by atoms with E-state index in [2.05, 4.69) is 4.74 Å². The zero-order valence-corrected chi connectivity index (χ0v) is 12.2.